The van der Waals surface area contributed by atoms with Crippen molar-refractivity contribution in [2.45, 2.75) is 57.8 Å². The van der Waals surface area contributed by atoms with Crippen LogP contribution in [0.3, 0.4) is 0 Å². The lowest BCUT2D eigenvalue weighted by atomic mass is 9.92. The van der Waals surface area contributed by atoms with Gasteiger partial charge in [-0.15, -0.1) is 0 Å². The predicted octanol–water partition coefficient (Wildman–Crippen LogP) is 3.17. The Morgan fingerprint density at radius 3 is 2.14 bits per heavy atom. The van der Waals surface area contributed by atoms with E-state index in [0.717, 1.165) is 25.7 Å². The maximum absolute atomic E-state index is 12.7. The lowest BCUT2D eigenvalue weighted by Crippen LogP contribution is -2.31. The van der Waals surface area contributed by atoms with Crippen molar-refractivity contribution in [3.05, 3.63) is 24.3 Å². The summed E-state index contributed by atoms with van der Waals surface area (Å²) in [6.45, 7) is 6.45. The van der Waals surface area contributed by atoms with E-state index >= 15 is 0 Å². The number of benzene rings is 1. The maximum atomic E-state index is 12.7. The Morgan fingerprint density at radius 1 is 1.04 bits per heavy atom. The first-order valence-corrected chi connectivity index (χ1v) is 11.1. The number of rotatable bonds is 6. The lowest BCUT2D eigenvalue weighted by molar-refractivity contribution is -0.149. The molecule has 156 valence electrons. The second kappa shape index (κ2) is 9.52. The summed E-state index contributed by atoms with van der Waals surface area (Å²) in [6.07, 6.45) is 4.08. The molecular formula is C20H30N2O5S. The van der Waals surface area contributed by atoms with E-state index in [4.69, 9.17) is 4.74 Å². The van der Waals surface area contributed by atoms with Crippen molar-refractivity contribution in [2.75, 3.05) is 25.0 Å². The number of hydrogen-bond donors (Lipinski definition) is 1. The third-order valence-electron chi connectivity index (χ3n) is 4.38. The summed E-state index contributed by atoms with van der Waals surface area (Å²) in [5.74, 6) is -0.896. The quantitative estimate of drug-likeness (QED) is 0.727. The number of nitrogens with zero attached hydrogens (tertiary/aromatic N) is 1. The number of carbonyl (C=O) groups is 2. The predicted molar refractivity (Wildman–Crippen MR) is 107 cm³/mol. The molecule has 1 fully saturated rings. The summed E-state index contributed by atoms with van der Waals surface area (Å²) in [4.78, 5) is 23.8. The molecule has 0 aliphatic carbocycles. The first kappa shape index (κ1) is 22.4. The van der Waals surface area contributed by atoms with Crippen LogP contribution in [0.2, 0.25) is 0 Å². The molecule has 1 aliphatic rings. The number of ether oxygens (including phenoxy) is 1. The highest BCUT2D eigenvalue weighted by Gasteiger charge is 2.25. The van der Waals surface area contributed by atoms with Crippen LogP contribution in [0.1, 0.15) is 52.9 Å². The minimum Gasteiger partial charge on any atom is -0.456 e. The molecular weight excluding hydrogens is 380 g/mol. The van der Waals surface area contributed by atoms with Gasteiger partial charge in [0.05, 0.1) is 11.3 Å². The molecule has 28 heavy (non-hydrogen) atoms. The summed E-state index contributed by atoms with van der Waals surface area (Å²) in [7, 11) is -3.52. The van der Waals surface area contributed by atoms with E-state index in [9.17, 15) is 18.0 Å². The molecule has 1 saturated heterocycles. The van der Waals surface area contributed by atoms with Gasteiger partial charge in [-0.2, -0.15) is 4.31 Å². The van der Waals surface area contributed by atoms with Crippen LogP contribution in [-0.4, -0.2) is 44.3 Å². The van der Waals surface area contributed by atoms with Gasteiger partial charge in [-0.1, -0.05) is 33.6 Å². The Morgan fingerprint density at radius 2 is 1.61 bits per heavy atom. The monoisotopic (exact) mass is 410 g/mol. The molecule has 0 spiro atoms. The normalized spacial score (nSPS) is 16.2. The zero-order valence-corrected chi connectivity index (χ0v) is 17.7. The van der Waals surface area contributed by atoms with Gasteiger partial charge < -0.3 is 10.1 Å². The Bertz CT molecular complexity index is 774. The van der Waals surface area contributed by atoms with Crippen molar-refractivity contribution in [3.63, 3.8) is 0 Å². The highest BCUT2D eigenvalue weighted by atomic mass is 32.2. The summed E-state index contributed by atoms with van der Waals surface area (Å²) < 4.78 is 32.0. The molecule has 8 heteroatoms. The molecule has 1 aliphatic heterocycles. The Labute approximate surface area is 167 Å². The summed E-state index contributed by atoms with van der Waals surface area (Å²) in [6, 6.07) is 6.06. The van der Waals surface area contributed by atoms with E-state index in [-0.39, 0.29) is 23.3 Å². The maximum Gasteiger partial charge on any atom is 0.306 e. The standard InChI is InChI=1S/C20H30N2O5S/c1-20(2,3)14-19(24)27-15-18(23)21-16-8-10-17(11-9-16)28(25,26)22-12-6-4-5-7-13-22/h8-11H,4-7,12-15H2,1-3H3,(H,21,23). The molecule has 1 aromatic rings. The average molecular weight is 411 g/mol. The van der Waals surface area contributed by atoms with Crippen LogP contribution >= 0.6 is 0 Å². The second-order valence-electron chi connectivity index (χ2n) is 8.29. The highest BCUT2D eigenvalue weighted by molar-refractivity contribution is 7.89. The Kier molecular flexibility index (Phi) is 7.60. The summed E-state index contributed by atoms with van der Waals surface area (Å²) in [5, 5.41) is 2.60. The molecule has 0 atom stereocenters. The van der Waals surface area contributed by atoms with E-state index in [0.29, 0.717) is 18.8 Å². The summed E-state index contributed by atoms with van der Waals surface area (Å²) >= 11 is 0. The number of carbonyl (C=O) groups excluding carboxylic acids is 2. The van der Waals surface area contributed by atoms with Crippen molar-refractivity contribution >= 4 is 27.6 Å². The van der Waals surface area contributed by atoms with Crippen molar-refractivity contribution in [3.8, 4) is 0 Å². The molecule has 1 heterocycles. The van der Waals surface area contributed by atoms with Crippen molar-refractivity contribution in [1.29, 1.82) is 0 Å². The minimum atomic E-state index is -3.52. The van der Waals surface area contributed by atoms with Gasteiger partial charge in [0.15, 0.2) is 6.61 Å². The van der Waals surface area contributed by atoms with Crippen LogP contribution in [0, 0.1) is 5.41 Å². The van der Waals surface area contributed by atoms with Crippen molar-refractivity contribution in [1.82, 2.24) is 4.31 Å². The molecule has 7 nitrogen and oxygen atoms in total. The number of amides is 1. The number of sulfonamides is 1. The van der Waals surface area contributed by atoms with Gasteiger partial charge in [-0.3, -0.25) is 9.59 Å². The molecule has 0 aromatic heterocycles. The van der Waals surface area contributed by atoms with Crippen LogP contribution in [0.5, 0.6) is 0 Å². The van der Waals surface area contributed by atoms with Crippen molar-refractivity contribution in [2.24, 2.45) is 5.41 Å². The van der Waals surface area contributed by atoms with Gasteiger partial charge in [0.1, 0.15) is 0 Å². The third kappa shape index (κ3) is 6.91. The van der Waals surface area contributed by atoms with Gasteiger partial charge in [0.25, 0.3) is 5.91 Å². The van der Waals surface area contributed by atoms with Gasteiger partial charge in [0.2, 0.25) is 10.0 Å². The first-order valence-electron chi connectivity index (χ1n) is 9.64. The van der Waals surface area contributed by atoms with E-state index in [1.807, 2.05) is 20.8 Å². The molecule has 0 saturated carbocycles. The second-order valence-corrected chi connectivity index (χ2v) is 10.2. The van der Waals surface area contributed by atoms with Crippen LogP contribution in [0.15, 0.2) is 29.2 Å². The topological polar surface area (TPSA) is 92.8 Å². The average Bonchev–Trinajstić information content (AvgIpc) is 2.89. The van der Waals surface area contributed by atoms with Gasteiger partial charge in [0, 0.05) is 18.8 Å². The Hall–Kier alpha value is -1.93. The van der Waals surface area contributed by atoms with E-state index in [2.05, 4.69) is 5.32 Å². The van der Waals surface area contributed by atoms with Crippen LogP contribution in [0.4, 0.5) is 5.69 Å². The van der Waals surface area contributed by atoms with Crippen molar-refractivity contribution < 1.29 is 22.7 Å². The lowest BCUT2D eigenvalue weighted by Gasteiger charge is -2.20. The minimum absolute atomic E-state index is 0.206. The number of anilines is 1. The fourth-order valence-corrected chi connectivity index (χ4v) is 4.49. The van der Waals surface area contributed by atoms with Crippen LogP contribution in [0.25, 0.3) is 0 Å². The van der Waals surface area contributed by atoms with Gasteiger partial charge >= 0.3 is 5.97 Å². The molecule has 0 radical (unpaired) electrons. The molecule has 1 N–H and O–H groups in total. The molecule has 1 amide bonds. The molecule has 1 aromatic carbocycles. The third-order valence-corrected chi connectivity index (χ3v) is 6.29. The largest absolute Gasteiger partial charge is 0.456 e. The Balaban J connectivity index is 1.91. The van der Waals surface area contributed by atoms with Gasteiger partial charge in [-0.25, -0.2) is 8.42 Å². The molecule has 2 rings (SSSR count). The zero-order chi connectivity index (χ0) is 20.8. The van der Waals surface area contributed by atoms with Crippen LogP contribution in [-0.2, 0) is 24.3 Å². The first-order chi connectivity index (χ1) is 13.1. The van der Waals surface area contributed by atoms with E-state index in [1.165, 1.54) is 16.4 Å². The van der Waals surface area contributed by atoms with E-state index in [1.54, 1.807) is 12.1 Å². The number of hydrogen-bond acceptors (Lipinski definition) is 5. The SMILES string of the molecule is CC(C)(C)CC(=O)OCC(=O)Nc1ccc(S(=O)(=O)N2CCCCCC2)cc1. The van der Waals surface area contributed by atoms with E-state index < -0.39 is 21.9 Å². The highest BCUT2D eigenvalue weighted by Crippen LogP contribution is 2.22. The fraction of sp³-hybridized carbons (Fsp3) is 0.600. The molecule has 0 bridgehead atoms. The number of esters is 1. The smallest absolute Gasteiger partial charge is 0.306 e. The molecule has 0 unspecified atom stereocenters. The number of nitrogens with one attached hydrogen (secondary N) is 1. The summed E-state index contributed by atoms with van der Waals surface area (Å²) in [5.41, 5.74) is 0.245. The van der Waals surface area contributed by atoms with Gasteiger partial charge in [-0.05, 0) is 42.5 Å². The fourth-order valence-electron chi connectivity index (χ4n) is 2.97. The van der Waals surface area contributed by atoms with Crippen LogP contribution < -0.4 is 5.32 Å². The zero-order valence-electron chi connectivity index (χ0n) is 16.9.